The summed E-state index contributed by atoms with van der Waals surface area (Å²) in [4.78, 5) is 18.6. The lowest BCUT2D eigenvalue weighted by molar-refractivity contribution is -0.127. The highest BCUT2D eigenvalue weighted by atomic mass is 32.2. The summed E-state index contributed by atoms with van der Waals surface area (Å²) in [6, 6.07) is 17.8. The van der Waals surface area contributed by atoms with Crippen molar-refractivity contribution in [3.05, 3.63) is 48.5 Å². The van der Waals surface area contributed by atoms with Crippen LogP contribution in [0, 0.1) is 11.3 Å². The van der Waals surface area contributed by atoms with Gasteiger partial charge >= 0.3 is 0 Å². The maximum absolute atomic E-state index is 12.3. The van der Waals surface area contributed by atoms with Crippen LogP contribution >= 0.6 is 11.8 Å². The molecule has 0 unspecified atom stereocenters. The van der Waals surface area contributed by atoms with Crippen LogP contribution in [-0.2, 0) is 4.79 Å². The smallest absolute Gasteiger partial charge is 0.232 e. The van der Waals surface area contributed by atoms with Gasteiger partial charge in [0.2, 0.25) is 5.91 Å². The number of imidazole rings is 1. The van der Waals surface area contributed by atoms with Gasteiger partial charge in [-0.3, -0.25) is 9.36 Å². The fourth-order valence-electron chi connectivity index (χ4n) is 2.79. The molecule has 0 radical (unpaired) electrons. The quantitative estimate of drug-likeness (QED) is 0.542. The fourth-order valence-corrected chi connectivity index (χ4v) is 3.76. The molecule has 0 saturated heterocycles. The van der Waals surface area contributed by atoms with Gasteiger partial charge in [0.25, 0.3) is 0 Å². The molecule has 0 spiro atoms. The summed E-state index contributed by atoms with van der Waals surface area (Å²) < 4.78 is 7.58. The number of hydrogen-bond donors (Lipinski definition) is 0. The van der Waals surface area contributed by atoms with E-state index in [1.807, 2.05) is 55.5 Å². The number of nitriles is 1. The van der Waals surface area contributed by atoms with E-state index in [9.17, 15) is 4.79 Å². The number of carbonyl (C=O) groups is 1. The molecule has 0 atom stereocenters. The standard InChI is InChI=1S/C21H22N4O2S/c1-3-27-17-11-9-16(10-12-17)25-19-8-5-4-7-18(19)23-21(25)28-15-20(26)24(2)14-6-13-22/h4-5,7-12H,3,6,14-15H2,1-2H3. The van der Waals surface area contributed by atoms with Gasteiger partial charge in [-0.1, -0.05) is 23.9 Å². The molecule has 3 rings (SSSR count). The molecule has 3 aromatic rings. The number of rotatable bonds is 8. The highest BCUT2D eigenvalue weighted by Crippen LogP contribution is 2.29. The minimum Gasteiger partial charge on any atom is -0.494 e. The molecule has 0 fully saturated rings. The lowest BCUT2D eigenvalue weighted by Gasteiger charge is -2.15. The zero-order chi connectivity index (χ0) is 19.9. The normalized spacial score (nSPS) is 10.6. The number of fused-ring (bicyclic) bond motifs is 1. The summed E-state index contributed by atoms with van der Waals surface area (Å²) in [6.45, 7) is 3.01. The number of amides is 1. The first kappa shape index (κ1) is 19.8. The van der Waals surface area contributed by atoms with E-state index < -0.39 is 0 Å². The average Bonchev–Trinajstić information content (AvgIpc) is 3.09. The molecule has 28 heavy (non-hydrogen) atoms. The molecule has 0 aliphatic carbocycles. The molecule has 2 aromatic carbocycles. The topological polar surface area (TPSA) is 71.2 Å². The Bertz CT molecular complexity index is 992. The van der Waals surface area contributed by atoms with Crippen molar-refractivity contribution in [2.75, 3.05) is 26.0 Å². The minimum atomic E-state index is -0.0226. The Labute approximate surface area is 168 Å². The van der Waals surface area contributed by atoms with Gasteiger partial charge in [0, 0.05) is 19.3 Å². The molecule has 1 aromatic heterocycles. The number of ether oxygens (including phenoxy) is 1. The van der Waals surface area contributed by atoms with E-state index in [1.165, 1.54) is 11.8 Å². The van der Waals surface area contributed by atoms with Crippen molar-refractivity contribution >= 4 is 28.7 Å². The predicted molar refractivity (Wildman–Crippen MR) is 111 cm³/mol. The van der Waals surface area contributed by atoms with Gasteiger partial charge in [0.15, 0.2) is 5.16 Å². The van der Waals surface area contributed by atoms with Crippen LogP contribution in [0.1, 0.15) is 13.3 Å². The summed E-state index contributed by atoms with van der Waals surface area (Å²) in [5.74, 6) is 1.06. The van der Waals surface area contributed by atoms with E-state index >= 15 is 0 Å². The molecule has 1 amide bonds. The van der Waals surface area contributed by atoms with Gasteiger partial charge in [-0.15, -0.1) is 0 Å². The number of para-hydroxylation sites is 2. The van der Waals surface area contributed by atoms with Crippen molar-refractivity contribution in [2.24, 2.45) is 0 Å². The molecule has 0 N–H and O–H groups in total. The first-order chi connectivity index (χ1) is 13.6. The fraction of sp³-hybridized carbons (Fsp3) is 0.286. The monoisotopic (exact) mass is 394 g/mol. The Morgan fingerprint density at radius 1 is 1.25 bits per heavy atom. The number of nitrogens with zero attached hydrogens (tertiary/aromatic N) is 4. The number of hydrogen-bond acceptors (Lipinski definition) is 5. The van der Waals surface area contributed by atoms with Crippen molar-refractivity contribution in [1.29, 1.82) is 5.26 Å². The van der Waals surface area contributed by atoms with Crippen molar-refractivity contribution in [3.63, 3.8) is 0 Å². The molecule has 0 bridgehead atoms. The molecular formula is C21H22N4O2S. The summed E-state index contributed by atoms with van der Waals surface area (Å²) in [7, 11) is 1.72. The molecule has 6 nitrogen and oxygen atoms in total. The Balaban J connectivity index is 1.87. The van der Waals surface area contributed by atoms with E-state index in [4.69, 9.17) is 15.0 Å². The molecule has 0 saturated carbocycles. The minimum absolute atomic E-state index is 0.0226. The SMILES string of the molecule is CCOc1ccc(-n2c(SCC(=O)N(C)CCC#N)nc3ccccc32)cc1. The summed E-state index contributed by atoms with van der Waals surface area (Å²) >= 11 is 1.40. The van der Waals surface area contributed by atoms with E-state index in [0.29, 0.717) is 19.6 Å². The van der Waals surface area contributed by atoms with Crippen LogP contribution in [0.3, 0.4) is 0 Å². The summed E-state index contributed by atoms with van der Waals surface area (Å²) in [6.07, 6.45) is 0.331. The van der Waals surface area contributed by atoms with Gasteiger partial charge in [-0.25, -0.2) is 4.98 Å². The Kier molecular flexibility index (Phi) is 6.56. The van der Waals surface area contributed by atoms with Crippen LogP contribution in [0.5, 0.6) is 5.75 Å². The maximum atomic E-state index is 12.3. The van der Waals surface area contributed by atoms with Crippen molar-refractivity contribution in [1.82, 2.24) is 14.5 Å². The van der Waals surface area contributed by atoms with E-state index in [1.54, 1.807) is 11.9 Å². The van der Waals surface area contributed by atoms with Crippen LogP contribution in [0.25, 0.3) is 16.7 Å². The second kappa shape index (κ2) is 9.29. The van der Waals surface area contributed by atoms with Crippen molar-refractivity contribution in [3.8, 4) is 17.5 Å². The third-order valence-electron chi connectivity index (χ3n) is 4.25. The highest BCUT2D eigenvalue weighted by Gasteiger charge is 2.16. The van der Waals surface area contributed by atoms with Gasteiger partial charge < -0.3 is 9.64 Å². The van der Waals surface area contributed by atoms with Crippen LogP contribution in [-0.4, -0.2) is 46.3 Å². The van der Waals surface area contributed by atoms with Gasteiger partial charge in [0.05, 0.1) is 35.9 Å². The third-order valence-corrected chi connectivity index (χ3v) is 5.17. The number of aromatic nitrogens is 2. The van der Waals surface area contributed by atoms with E-state index in [2.05, 4.69) is 10.6 Å². The largest absolute Gasteiger partial charge is 0.494 e. The Morgan fingerprint density at radius 2 is 2.00 bits per heavy atom. The maximum Gasteiger partial charge on any atom is 0.232 e. The molecule has 144 valence electrons. The van der Waals surface area contributed by atoms with Crippen molar-refractivity contribution in [2.45, 2.75) is 18.5 Å². The zero-order valence-electron chi connectivity index (χ0n) is 16.0. The molecule has 7 heteroatoms. The third kappa shape index (κ3) is 4.46. The van der Waals surface area contributed by atoms with Crippen LogP contribution in [0.2, 0.25) is 0 Å². The number of benzene rings is 2. The first-order valence-corrected chi connectivity index (χ1v) is 10.1. The second-order valence-electron chi connectivity index (χ2n) is 6.16. The Morgan fingerprint density at radius 3 is 2.71 bits per heavy atom. The second-order valence-corrected chi connectivity index (χ2v) is 7.10. The summed E-state index contributed by atoms with van der Waals surface area (Å²) in [5.41, 5.74) is 2.83. The van der Waals surface area contributed by atoms with Crippen molar-refractivity contribution < 1.29 is 9.53 Å². The molecule has 0 aliphatic heterocycles. The van der Waals surface area contributed by atoms with Gasteiger partial charge in [0.1, 0.15) is 5.75 Å². The van der Waals surface area contributed by atoms with Crippen LogP contribution in [0.15, 0.2) is 53.7 Å². The average molecular weight is 395 g/mol. The Hall–Kier alpha value is -2.98. The van der Waals surface area contributed by atoms with Crippen LogP contribution < -0.4 is 4.74 Å². The zero-order valence-corrected chi connectivity index (χ0v) is 16.8. The number of thioether (sulfide) groups is 1. The highest BCUT2D eigenvalue weighted by molar-refractivity contribution is 7.99. The molecular weight excluding hydrogens is 372 g/mol. The summed E-state index contributed by atoms with van der Waals surface area (Å²) in [5, 5.41) is 9.44. The van der Waals surface area contributed by atoms with Gasteiger partial charge in [-0.2, -0.15) is 5.26 Å². The predicted octanol–water partition coefficient (Wildman–Crippen LogP) is 3.89. The van der Waals surface area contributed by atoms with Gasteiger partial charge in [-0.05, 0) is 43.3 Å². The lowest BCUT2D eigenvalue weighted by Crippen LogP contribution is -2.29. The molecule has 0 aliphatic rings. The van der Waals surface area contributed by atoms with E-state index in [0.717, 1.165) is 27.6 Å². The number of carbonyl (C=O) groups excluding carboxylic acids is 1. The lowest BCUT2D eigenvalue weighted by atomic mass is 10.2. The van der Waals surface area contributed by atoms with E-state index in [-0.39, 0.29) is 11.7 Å². The first-order valence-electron chi connectivity index (χ1n) is 9.08. The van der Waals surface area contributed by atoms with Crippen LogP contribution in [0.4, 0.5) is 0 Å². The molecule has 1 heterocycles.